The zero-order valence-corrected chi connectivity index (χ0v) is 12.3. The van der Waals surface area contributed by atoms with Crippen LogP contribution in [-0.2, 0) is 9.53 Å². The summed E-state index contributed by atoms with van der Waals surface area (Å²) in [6.07, 6.45) is 0. The Bertz CT molecular complexity index is 479. The highest BCUT2D eigenvalue weighted by atomic mass is 79.9. The first kappa shape index (κ1) is 15.4. The Hall–Kier alpha value is -1.63. The van der Waals surface area contributed by atoms with Gasteiger partial charge in [0.05, 0.1) is 17.4 Å². The number of hydrogen-bond donors (Lipinski definition) is 1. The summed E-state index contributed by atoms with van der Waals surface area (Å²) in [6.45, 7) is 4.04. The molecule has 0 aliphatic heterocycles. The van der Waals surface area contributed by atoms with E-state index in [2.05, 4.69) is 21.2 Å². The van der Waals surface area contributed by atoms with Crippen LogP contribution in [0.5, 0.6) is 0 Å². The molecule has 0 radical (unpaired) electrons. The lowest BCUT2D eigenvalue weighted by Gasteiger charge is -2.12. The molecule has 1 N–H and O–H groups in total. The lowest BCUT2D eigenvalue weighted by atomic mass is 10.1. The van der Waals surface area contributed by atoms with Crippen LogP contribution < -0.4 is 5.32 Å². The van der Waals surface area contributed by atoms with Crippen molar-refractivity contribution in [2.45, 2.75) is 13.8 Å². The van der Waals surface area contributed by atoms with Gasteiger partial charge in [0, 0.05) is 17.1 Å². The van der Waals surface area contributed by atoms with Crippen LogP contribution in [0.15, 0.2) is 22.7 Å². The maximum atomic E-state index is 11.4. The van der Waals surface area contributed by atoms with Gasteiger partial charge in [0.25, 0.3) is 5.69 Å². The number of anilines is 1. The van der Waals surface area contributed by atoms with Gasteiger partial charge < -0.3 is 10.1 Å². The lowest BCUT2D eigenvalue weighted by molar-refractivity contribution is -0.384. The largest absolute Gasteiger partial charge is 0.466 e. The van der Waals surface area contributed by atoms with E-state index in [9.17, 15) is 14.9 Å². The Kier molecular flexibility index (Phi) is 5.75. The van der Waals surface area contributed by atoms with Gasteiger partial charge >= 0.3 is 5.97 Å². The molecule has 19 heavy (non-hydrogen) atoms. The van der Waals surface area contributed by atoms with Crippen LogP contribution in [0.4, 0.5) is 11.4 Å². The van der Waals surface area contributed by atoms with Crippen LogP contribution >= 0.6 is 15.9 Å². The van der Waals surface area contributed by atoms with Crippen LogP contribution in [0.1, 0.15) is 13.8 Å². The number of esters is 1. The molecule has 0 fully saturated rings. The van der Waals surface area contributed by atoms with Crippen molar-refractivity contribution < 1.29 is 14.5 Å². The van der Waals surface area contributed by atoms with Crippen molar-refractivity contribution in [3.63, 3.8) is 0 Å². The monoisotopic (exact) mass is 330 g/mol. The van der Waals surface area contributed by atoms with Gasteiger partial charge in [-0.05, 0) is 19.1 Å². The van der Waals surface area contributed by atoms with E-state index in [-0.39, 0.29) is 24.1 Å². The van der Waals surface area contributed by atoms with Crippen molar-refractivity contribution in [2.24, 2.45) is 5.92 Å². The molecule has 1 aromatic rings. The van der Waals surface area contributed by atoms with Crippen molar-refractivity contribution in [2.75, 3.05) is 18.5 Å². The lowest BCUT2D eigenvalue weighted by Crippen LogP contribution is -2.22. The fourth-order valence-electron chi connectivity index (χ4n) is 1.44. The molecule has 0 aliphatic carbocycles. The van der Waals surface area contributed by atoms with Crippen LogP contribution in [0.25, 0.3) is 0 Å². The molecule has 1 rings (SSSR count). The molecule has 0 heterocycles. The molecule has 6 nitrogen and oxygen atoms in total. The number of carbonyl (C=O) groups is 1. The second-order valence-corrected chi connectivity index (χ2v) is 4.87. The smallest absolute Gasteiger partial charge is 0.310 e. The summed E-state index contributed by atoms with van der Waals surface area (Å²) in [5, 5.41) is 13.8. The number of nitrogens with zero attached hydrogens (tertiary/aromatic N) is 1. The maximum Gasteiger partial charge on any atom is 0.310 e. The summed E-state index contributed by atoms with van der Waals surface area (Å²) in [5.74, 6) is -0.696. The molecule has 1 atom stereocenters. The van der Waals surface area contributed by atoms with Gasteiger partial charge in [-0.3, -0.25) is 14.9 Å². The summed E-state index contributed by atoms with van der Waals surface area (Å²) in [5.41, 5.74) is 0.342. The molecule has 0 saturated heterocycles. The topological polar surface area (TPSA) is 81.5 Å². The number of ether oxygens (including phenoxy) is 1. The Labute approximate surface area is 119 Å². The Morgan fingerprint density at radius 3 is 2.84 bits per heavy atom. The average Bonchev–Trinajstić information content (AvgIpc) is 2.36. The minimum absolute atomic E-state index is 0.0366. The van der Waals surface area contributed by atoms with Crippen molar-refractivity contribution in [1.82, 2.24) is 0 Å². The van der Waals surface area contributed by atoms with Crippen LogP contribution in [0.2, 0.25) is 0 Å². The normalized spacial score (nSPS) is 11.7. The van der Waals surface area contributed by atoms with E-state index in [4.69, 9.17) is 4.74 Å². The van der Waals surface area contributed by atoms with E-state index in [1.807, 2.05) is 0 Å². The quantitative estimate of drug-likeness (QED) is 0.492. The molecule has 0 saturated carbocycles. The molecule has 7 heteroatoms. The van der Waals surface area contributed by atoms with Gasteiger partial charge in [-0.2, -0.15) is 0 Å². The number of nitrogens with one attached hydrogen (secondary N) is 1. The summed E-state index contributed by atoms with van der Waals surface area (Å²) in [6, 6.07) is 4.71. The summed E-state index contributed by atoms with van der Waals surface area (Å²) < 4.78 is 5.50. The zero-order chi connectivity index (χ0) is 14.4. The molecule has 0 aliphatic rings. The van der Waals surface area contributed by atoms with Crippen molar-refractivity contribution in [3.8, 4) is 0 Å². The van der Waals surface area contributed by atoms with Crippen molar-refractivity contribution >= 4 is 33.3 Å². The molecule has 104 valence electrons. The molecular formula is C12H15BrN2O4. The third-order valence-electron chi connectivity index (χ3n) is 2.44. The van der Waals surface area contributed by atoms with E-state index in [1.165, 1.54) is 6.07 Å². The van der Waals surface area contributed by atoms with Gasteiger partial charge in [-0.25, -0.2) is 0 Å². The number of benzene rings is 1. The van der Waals surface area contributed by atoms with Gasteiger partial charge in [-0.15, -0.1) is 0 Å². The fraction of sp³-hybridized carbons (Fsp3) is 0.417. The average molecular weight is 331 g/mol. The molecule has 1 aromatic carbocycles. The van der Waals surface area contributed by atoms with Crippen LogP contribution in [0, 0.1) is 16.0 Å². The number of nitro groups is 1. The van der Waals surface area contributed by atoms with Crippen LogP contribution in [0.3, 0.4) is 0 Å². The van der Waals surface area contributed by atoms with E-state index in [0.29, 0.717) is 16.8 Å². The van der Waals surface area contributed by atoms with Gasteiger partial charge in [0.1, 0.15) is 5.69 Å². The highest BCUT2D eigenvalue weighted by Gasteiger charge is 2.17. The third-order valence-corrected chi connectivity index (χ3v) is 2.94. The molecule has 1 unspecified atom stereocenters. The predicted molar refractivity (Wildman–Crippen MR) is 75.1 cm³/mol. The number of rotatable bonds is 6. The fourth-order valence-corrected chi connectivity index (χ4v) is 1.79. The van der Waals surface area contributed by atoms with Gasteiger partial charge in [0.2, 0.25) is 0 Å². The highest BCUT2D eigenvalue weighted by molar-refractivity contribution is 9.10. The van der Waals surface area contributed by atoms with E-state index in [0.717, 1.165) is 0 Å². The number of halogens is 1. The first-order valence-electron chi connectivity index (χ1n) is 5.80. The van der Waals surface area contributed by atoms with Crippen LogP contribution in [-0.4, -0.2) is 24.0 Å². The van der Waals surface area contributed by atoms with Crippen molar-refractivity contribution in [3.05, 3.63) is 32.8 Å². The second kappa shape index (κ2) is 7.08. The zero-order valence-electron chi connectivity index (χ0n) is 10.7. The first-order valence-corrected chi connectivity index (χ1v) is 6.59. The van der Waals surface area contributed by atoms with Gasteiger partial charge in [0.15, 0.2) is 0 Å². The minimum Gasteiger partial charge on any atom is -0.466 e. The van der Waals surface area contributed by atoms with E-state index >= 15 is 0 Å². The minimum atomic E-state index is -0.470. The molecular weight excluding hydrogens is 316 g/mol. The van der Waals surface area contributed by atoms with Crippen molar-refractivity contribution in [1.29, 1.82) is 0 Å². The number of nitro benzene ring substituents is 1. The summed E-state index contributed by atoms with van der Waals surface area (Å²) >= 11 is 3.18. The third kappa shape index (κ3) is 4.51. The molecule has 0 spiro atoms. The van der Waals surface area contributed by atoms with E-state index in [1.54, 1.807) is 26.0 Å². The maximum absolute atomic E-state index is 11.4. The van der Waals surface area contributed by atoms with Gasteiger partial charge in [-0.1, -0.05) is 22.9 Å². The molecule has 0 aromatic heterocycles. The standard InChI is InChI=1S/C12H15BrN2O4/c1-3-19-12(16)8(2)7-14-10-5-4-9(13)6-11(10)15(17)18/h4-6,8,14H,3,7H2,1-2H3. The Morgan fingerprint density at radius 2 is 2.26 bits per heavy atom. The molecule has 0 bridgehead atoms. The van der Waals surface area contributed by atoms with E-state index < -0.39 is 4.92 Å². The predicted octanol–water partition coefficient (Wildman–Crippen LogP) is 2.97. The highest BCUT2D eigenvalue weighted by Crippen LogP contribution is 2.28. The summed E-state index contributed by atoms with van der Waals surface area (Å²) in [4.78, 5) is 21.9. The SMILES string of the molecule is CCOC(=O)C(C)CNc1ccc(Br)cc1[N+](=O)[O-]. The second-order valence-electron chi connectivity index (χ2n) is 3.95. The Balaban J connectivity index is 2.72. The Morgan fingerprint density at radius 1 is 1.58 bits per heavy atom. The number of carbonyl (C=O) groups excluding carboxylic acids is 1. The first-order chi connectivity index (χ1) is 8.95. The summed E-state index contributed by atoms with van der Waals surface area (Å²) in [7, 11) is 0. The molecule has 0 amide bonds. The number of hydrogen-bond acceptors (Lipinski definition) is 5.